The van der Waals surface area contributed by atoms with Gasteiger partial charge in [-0.3, -0.25) is 0 Å². The first-order valence-electron chi connectivity index (χ1n) is 7.76. The van der Waals surface area contributed by atoms with Gasteiger partial charge in [0, 0.05) is 12.3 Å². The standard InChI is InChI=1S/C20H24OSi/c1-17(16-22(2,3)19-12-8-5-9-13-19)20(14-15-21)18-10-6-4-7-11-18/h4-13,15,20H,1,14,16H2,2-3H3. The Bertz CT molecular complexity index is 617. The maximum Gasteiger partial charge on any atom is 0.120 e. The highest BCUT2D eigenvalue weighted by atomic mass is 28.3. The lowest BCUT2D eigenvalue weighted by molar-refractivity contribution is -0.108. The van der Waals surface area contributed by atoms with E-state index in [2.05, 4.69) is 62.1 Å². The van der Waals surface area contributed by atoms with Gasteiger partial charge in [-0.1, -0.05) is 91.1 Å². The Hall–Kier alpha value is -1.93. The maximum atomic E-state index is 11.1. The van der Waals surface area contributed by atoms with Crippen molar-refractivity contribution >= 4 is 19.5 Å². The molecule has 2 rings (SSSR count). The Morgan fingerprint density at radius 3 is 2.14 bits per heavy atom. The number of hydrogen-bond acceptors (Lipinski definition) is 1. The minimum atomic E-state index is -1.58. The number of allylic oxidation sites excluding steroid dienone is 1. The van der Waals surface area contributed by atoms with Crippen LogP contribution in [0.3, 0.4) is 0 Å². The van der Waals surface area contributed by atoms with E-state index in [4.69, 9.17) is 0 Å². The van der Waals surface area contributed by atoms with Crippen molar-refractivity contribution in [3.63, 3.8) is 0 Å². The number of rotatable bonds is 7. The van der Waals surface area contributed by atoms with Crippen LogP contribution in [0.5, 0.6) is 0 Å². The number of hydrogen-bond donors (Lipinski definition) is 0. The molecule has 0 fully saturated rings. The molecule has 0 saturated heterocycles. The molecule has 0 spiro atoms. The molecule has 0 N–H and O–H groups in total. The molecule has 114 valence electrons. The molecule has 0 saturated carbocycles. The Morgan fingerprint density at radius 1 is 1.05 bits per heavy atom. The van der Waals surface area contributed by atoms with Crippen LogP contribution in [-0.4, -0.2) is 14.4 Å². The molecular weight excluding hydrogens is 284 g/mol. The molecule has 0 aliphatic heterocycles. The van der Waals surface area contributed by atoms with Crippen LogP contribution in [0.15, 0.2) is 72.8 Å². The minimum absolute atomic E-state index is 0.134. The van der Waals surface area contributed by atoms with Gasteiger partial charge in [0.15, 0.2) is 0 Å². The van der Waals surface area contributed by atoms with Crippen LogP contribution >= 0.6 is 0 Å². The zero-order valence-electron chi connectivity index (χ0n) is 13.5. The molecule has 1 nitrogen and oxygen atoms in total. The molecule has 0 bridgehead atoms. The molecular formula is C20H24OSi. The summed E-state index contributed by atoms with van der Waals surface area (Å²) in [6.45, 7) is 9.08. The van der Waals surface area contributed by atoms with Crippen molar-refractivity contribution in [1.82, 2.24) is 0 Å². The summed E-state index contributed by atoms with van der Waals surface area (Å²) in [5.41, 5.74) is 2.37. The first kappa shape index (κ1) is 16.4. The molecule has 2 heteroatoms. The fourth-order valence-corrected chi connectivity index (χ4v) is 5.68. The summed E-state index contributed by atoms with van der Waals surface area (Å²) in [6, 6.07) is 22.0. The Kier molecular flexibility index (Phi) is 5.50. The summed E-state index contributed by atoms with van der Waals surface area (Å²) in [7, 11) is -1.58. The van der Waals surface area contributed by atoms with E-state index in [1.54, 1.807) is 0 Å². The summed E-state index contributed by atoms with van der Waals surface area (Å²) in [5.74, 6) is 0.134. The first-order valence-corrected chi connectivity index (χ1v) is 11.0. The third-order valence-corrected chi connectivity index (χ3v) is 7.49. The van der Waals surface area contributed by atoms with E-state index in [0.29, 0.717) is 6.42 Å². The molecule has 22 heavy (non-hydrogen) atoms. The fourth-order valence-electron chi connectivity index (χ4n) is 3.00. The van der Waals surface area contributed by atoms with E-state index in [9.17, 15) is 4.79 Å². The smallest absolute Gasteiger partial charge is 0.120 e. The first-order chi connectivity index (χ1) is 10.5. The van der Waals surface area contributed by atoms with Gasteiger partial charge in [0.05, 0.1) is 8.07 Å². The summed E-state index contributed by atoms with van der Waals surface area (Å²) < 4.78 is 0. The second-order valence-corrected chi connectivity index (χ2v) is 11.1. The van der Waals surface area contributed by atoms with Gasteiger partial charge in [-0.25, -0.2) is 0 Å². The van der Waals surface area contributed by atoms with Gasteiger partial charge in [-0.15, -0.1) is 0 Å². The van der Waals surface area contributed by atoms with Gasteiger partial charge in [0.25, 0.3) is 0 Å². The Morgan fingerprint density at radius 2 is 1.59 bits per heavy atom. The largest absolute Gasteiger partial charge is 0.303 e. The summed E-state index contributed by atoms with van der Waals surface area (Å²) in [4.78, 5) is 11.1. The van der Waals surface area contributed by atoms with Gasteiger partial charge < -0.3 is 4.79 Å². The molecule has 0 heterocycles. The van der Waals surface area contributed by atoms with Crippen molar-refractivity contribution in [3.05, 3.63) is 78.4 Å². The fraction of sp³-hybridized carbons (Fsp3) is 0.250. The summed E-state index contributed by atoms with van der Waals surface area (Å²) in [5, 5.41) is 1.44. The van der Waals surface area contributed by atoms with Crippen LogP contribution in [0, 0.1) is 0 Å². The zero-order valence-corrected chi connectivity index (χ0v) is 14.5. The van der Waals surface area contributed by atoms with E-state index in [0.717, 1.165) is 12.3 Å². The second-order valence-electron chi connectivity index (χ2n) is 6.45. The monoisotopic (exact) mass is 308 g/mol. The third kappa shape index (κ3) is 4.05. The van der Waals surface area contributed by atoms with Crippen molar-refractivity contribution in [2.75, 3.05) is 0 Å². The summed E-state index contributed by atoms with van der Waals surface area (Å²) >= 11 is 0. The third-order valence-electron chi connectivity index (χ3n) is 4.25. The highest BCUT2D eigenvalue weighted by Crippen LogP contribution is 2.31. The topological polar surface area (TPSA) is 17.1 Å². The quantitative estimate of drug-likeness (QED) is 0.417. The second kappa shape index (κ2) is 7.37. The normalized spacial score (nSPS) is 12.6. The van der Waals surface area contributed by atoms with Crippen LogP contribution in [-0.2, 0) is 4.79 Å². The van der Waals surface area contributed by atoms with Crippen molar-refractivity contribution in [2.24, 2.45) is 0 Å². The molecule has 2 aromatic rings. The van der Waals surface area contributed by atoms with Crippen molar-refractivity contribution < 1.29 is 4.79 Å². The van der Waals surface area contributed by atoms with E-state index in [1.165, 1.54) is 16.3 Å². The highest BCUT2D eigenvalue weighted by Gasteiger charge is 2.27. The molecule has 0 amide bonds. The molecule has 2 aromatic carbocycles. The number of carbonyl (C=O) groups is 1. The van der Waals surface area contributed by atoms with Gasteiger partial charge in [0.2, 0.25) is 0 Å². The lowest BCUT2D eigenvalue weighted by atomic mass is 9.90. The van der Waals surface area contributed by atoms with Gasteiger partial charge in [-0.2, -0.15) is 0 Å². The van der Waals surface area contributed by atoms with Crippen LogP contribution < -0.4 is 5.19 Å². The van der Waals surface area contributed by atoms with Crippen LogP contribution in [0.25, 0.3) is 0 Å². The van der Waals surface area contributed by atoms with E-state index < -0.39 is 8.07 Å². The molecule has 0 radical (unpaired) electrons. The molecule has 1 atom stereocenters. The van der Waals surface area contributed by atoms with Crippen LogP contribution in [0.1, 0.15) is 17.9 Å². The predicted molar refractivity (Wildman–Crippen MR) is 97.4 cm³/mol. The van der Waals surface area contributed by atoms with Crippen molar-refractivity contribution in [3.8, 4) is 0 Å². The molecule has 0 aliphatic carbocycles. The van der Waals surface area contributed by atoms with Gasteiger partial charge in [-0.05, 0) is 11.6 Å². The van der Waals surface area contributed by atoms with E-state index in [1.807, 2.05) is 18.2 Å². The van der Waals surface area contributed by atoms with E-state index >= 15 is 0 Å². The number of benzene rings is 2. The Balaban J connectivity index is 2.20. The SMILES string of the molecule is C=C(C[Si](C)(C)c1ccccc1)C(CC=O)c1ccccc1. The summed E-state index contributed by atoms with van der Waals surface area (Å²) in [6.07, 6.45) is 1.53. The Labute approximate surface area is 134 Å². The zero-order chi connectivity index (χ0) is 16.0. The van der Waals surface area contributed by atoms with Gasteiger partial charge in [0.1, 0.15) is 6.29 Å². The van der Waals surface area contributed by atoms with Crippen molar-refractivity contribution in [1.29, 1.82) is 0 Å². The minimum Gasteiger partial charge on any atom is -0.303 e. The lowest BCUT2D eigenvalue weighted by Crippen LogP contribution is -2.41. The van der Waals surface area contributed by atoms with E-state index in [-0.39, 0.29) is 5.92 Å². The lowest BCUT2D eigenvalue weighted by Gasteiger charge is -2.27. The number of aldehydes is 1. The average molecular weight is 308 g/mol. The molecule has 1 unspecified atom stereocenters. The maximum absolute atomic E-state index is 11.1. The molecule has 0 aliphatic rings. The average Bonchev–Trinajstić information content (AvgIpc) is 2.54. The predicted octanol–water partition coefficient (Wildman–Crippen LogP) is 4.53. The van der Waals surface area contributed by atoms with Crippen molar-refractivity contribution in [2.45, 2.75) is 31.5 Å². The van der Waals surface area contributed by atoms with Crippen LogP contribution in [0.2, 0.25) is 19.1 Å². The van der Waals surface area contributed by atoms with Gasteiger partial charge >= 0.3 is 0 Å². The molecule has 0 aromatic heterocycles. The van der Waals surface area contributed by atoms with Crippen LogP contribution in [0.4, 0.5) is 0 Å². The number of carbonyl (C=O) groups excluding carboxylic acids is 1. The highest BCUT2D eigenvalue weighted by molar-refractivity contribution is 6.90.